The first-order valence-electron chi connectivity index (χ1n) is 13.6. The minimum absolute atomic E-state index is 0.155. The predicted octanol–water partition coefficient (Wildman–Crippen LogP) is 0.230. The van der Waals surface area contributed by atoms with E-state index in [0.717, 1.165) is 18.6 Å². The number of nitrogens with zero attached hydrogens (tertiary/aromatic N) is 1. The molecule has 1 heterocycles. The lowest BCUT2D eigenvalue weighted by atomic mass is 10.1. The van der Waals surface area contributed by atoms with Crippen LogP contribution in [0.4, 0.5) is 0 Å². The van der Waals surface area contributed by atoms with Crippen molar-refractivity contribution < 1.29 is 39.0 Å². The highest BCUT2D eigenvalue weighted by atomic mass is 32.2. The molecule has 0 aromatic rings. The third-order valence-corrected chi connectivity index (χ3v) is 7.04. The molecule has 0 aliphatic carbocycles. The van der Waals surface area contributed by atoms with Gasteiger partial charge in [-0.25, -0.2) is 0 Å². The topological polar surface area (TPSA) is 194 Å². The third kappa shape index (κ3) is 14.3. The summed E-state index contributed by atoms with van der Waals surface area (Å²) >= 11 is 1.50. The number of hydrogen-bond acceptors (Lipinski definition) is 8. The van der Waals surface area contributed by atoms with E-state index in [4.69, 9.17) is 5.11 Å². The molecule has 5 amide bonds. The molecule has 0 spiro atoms. The maximum absolute atomic E-state index is 12.4. The molecule has 13 nitrogen and oxygen atoms in total. The summed E-state index contributed by atoms with van der Waals surface area (Å²) in [6, 6.07) is -2.61. The molecule has 0 radical (unpaired) electrons. The van der Waals surface area contributed by atoms with Crippen LogP contribution in [0.15, 0.2) is 12.2 Å². The Kier molecular flexibility index (Phi) is 16.6. The Morgan fingerprint density at radius 3 is 2.02 bits per heavy atom. The van der Waals surface area contributed by atoms with Crippen molar-refractivity contribution >= 4 is 47.3 Å². The Bertz CT molecular complexity index is 916. The number of aliphatic carboxylic acids is 1. The van der Waals surface area contributed by atoms with Crippen LogP contribution in [0, 0.1) is 0 Å². The molecule has 226 valence electrons. The number of aliphatic hydroxyl groups is 1. The minimum atomic E-state index is -0.930. The average Bonchev–Trinajstić information content (AvgIpc) is 3.21. The van der Waals surface area contributed by atoms with E-state index in [-0.39, 0.29) is 30.6 Å². The number of aliphatic hydroxyl groups excluding tert-OH is 1. The highest BCUT2D eigenvalue weighted by Gasteiger charge is 2.24. The van der Waals surface area contributed by atoms with Crippen LogP contribution in [-0.2, 0) is 28.8 Å². The van der Waals surface area contributed by atoms with E-state index in [1.807, 2.05) is 0 Å². The van der Waals surface area contributed by atoms with Crippen LogP contribution in [-0.4, -0.2) is 93.1 Å². The molecule has 1 aliphatic heterocycles. The van der Waals surface area contributed by atoms with Crippen molar-refractivity contribution in [2.75, 3.05) is 18.2 Å². The van der Waals surface area contributed by atoms with E-state index in [1.54, 1.807) is 0 Å². The Hall–Kier alpha value is -3.13. The number of carboxylic acid groups (broad SMARTS) is 1. The number of rotatable bonds is 20. The van der Waals surface area contributed by atoms with Crippen LogP contribution in [0.3, 0.4) is 0 Å². The van der Waals surface area contributed by atoms with Crippen LogP contribution < -0.4 is 21.3 Å². The molecule has 1 rings (SSSR count). The lowest BCUT2D eigenvalue weighted by Crippen LogP contribution is -2.54. The molecule has 40 heavy (non-hydrogen) atoms. The number of hydrogen-bond donors (Lipinski definition) is 6. The SMILES string of the molecule is CC(NC(=O)CCCCCN1C(=O)C=CC1O)C(=O)NC(C)C(=O)NC(C)C(=O)NCSCCCCCC(=O)O. The molecule has 0 saturated carbocycles. The van der Waals surface area contributed by atoms with Gasteiger partial charge in [0.05, 0.1) is 5.88 Å². The molecular formula is C26H43N5O8S. The monoisotopic (exact) mass is 585 g/mol. The molecule has 1 aliphatic rings. The van der Waals surface area contributed by atoms with Crippen molar-refractivity contribution in [2.45, 2.75) is 96.5 Å². The van der Waals surface area contributed by atoms with Crippen LogP contribution in [0.25, 0.3) is 0 Å². The van der Waals surface area contributed by atoms with E-state index in [9.17, 15) is 33.9 Å². The van der Waals surface area contributed by atoms with E-state index >= 15 is 0 Å². The minimum Gasteiger partial charge on any atom is -0.481 e. The van der Waals surface area contributed by atoms with E-state index in [1.165, 1.54) is 49.6 Å². The van der Waals surface area contributed by atoms with Crippen LogP contribution in [0.1, 0.15) is 72.1 Å². The molecule has 0 aromatic carbocycles. The van der Waals surface area contributed by atoms with Gasteiger partial charge in [0.15, 0.2) is 0 Å². The number of carboxylic acids is 1. The molecule has 0 saturated heterocycles. The van der Waals surface area contributed by atoms with Gasteiger partial charge in [-0.2, -0.15) is 0 Å². The fraction of sp³-hybridized carbons (Fsp3) is 0.692. The molecular weight excluding hydrogens is 542 g/mol. The Morgan fingerprint density at radius 2 is 1.43 bits per heavy atom. The fourth-order valence-electron chi connectivity index (χ4n) is 3.68. The number of carbonyl (C=O) groups is 6. The molecule has 0 bridgehead atoms. The fourth-order valence-corrected chi connectivity index (χ4v) is 4.47. The number of nitrogens with one attached hydrogen (secondary N) is 4. The molecule has 6 N–H and O–H groups in total. The summed E-state index contributed by atoms with van der Waals surface area (Å²) in [5.41, 5.74) is 0. The molecule has 0 fully saturated rings. The Balaban J connectivity index is 2.19. The van der Waals surface area contributed by atoms with Crippen molar-refractivity contribution in [3.8, 4) is 0 Å². The average molecular weight is 586 g/mol. The van der Waals surface area contributed by atoms with Gasteiger partial charge >= 0.3 is 5.97 Å². The van der Waals surface area contributed by atoms with Crippen LogP contribution in [0.2, 0.25) is 0 Å². The molecule has 14 heteroatoms. The van der Waals surface area contributed by atoms with E-state index in [2.05, 4.69) is 21.3 Å². The van der Waals surface area contributed by atoms with Crippen molar-refractivity contribution in [3.63, 3.8) is 0 Å². The van der Waals surface area contributed by atoms with Crippen molar-refractivity contribution in [2.24, 2.45) is 0 Å². The highest BCUT2D eigenvalue weighted by molar-refractivity contribution is 7.99. The summed E-state index contributed by atoms with van der Waals surface area (Å²) in [4.78, 5) is 72.6. The summed E-state index contributed by atoms with van der Waals surface area (Å²) in [5.74, 6) is -1.67. The molecule has 4 atom stereocenters. The van der Waals surface area contributed by atoms with Gasteiger partial charge in [0.2, 0.25) is 29.5 Å². The maximum atomic E-state index is 12.4. The van der Waals surface area contributed by atoms with Gasteiger partial charge < -0.3 is 36.4 Å². The lowest BCUT2D eigenvalue weighted by Gasteiger charge is -2.21. The van der Waals surface area contributed by atoms with Gasteiger partial charge in [-0.1, -0.05) is 12.8 Å². The van der Waals surface area contributed by atoms with Gasteiger partial charge in [-0.05, 0) is 58.3 Å². The highest BCUT2D eigenvalue weighted by Crippen LogP contribution is 2.11. The summed E-state index contributed by atoms with van der Waals surface area (Å²) in [6.07, 6.45) is 6.32. The summed E-state index contributed by atoms with van der Waals surface area (Å²) in [6.45, 7) is 4.91. The summed E-state index contributed by atoms with van der Waals surface area (Å²) in [7, 11) is 0. The second kappa shape index (κ2) is 19.0. The number of carbonyl (C=O) groups excluding carboxylic acids is 5. The first-order chi connectivity index (χ1) is 18.9. The summed E-state index contributed by atoms with van der Waals surface area (Å²) < 4.78 is 0. The van der Waals surface area contributed by atoms with Gasteiger partial charge in [-0.15, -0.1) is 11.8 Å². The summed E-state index contributed by atoms with van der Waals surface area (Å²) in [5, 5.41) is 28.6. The Morgan fingerprint density at radius 1 is 0.850 bits per heavy atom. The molecule has 0 aromatic heterocycles. The zero-order chi connectivity index (χ0) is 30.1. The van der Waals surface area contributed by atoms with Crippen molar-refractivity contribution in [3.05, 3.63) is 12.2 Å². The normalized spacial score (nSPS) is 16.6. The van der Waals surface area contributed by atoms with Crippen molar-refractivity contribution in [1.82, 2.24) is 26.2 Å². The first kappa shape index (κ1) is 34.9. The molecule has 4 unspecified atom stereocenters. The predicted molar refractivity (Wildman–Crippen MR) is 150 cm³/mol. The van der Waals surface area contributed by atoms with Crippen molar-refractivity contribution in [1.29, 1.82) is 0 Å². The number of amides is 5. The Labute approximate surface area is 239 Å². The second-order valence-electron chi connectivity index (χ2n) is 9.66. The second-order valence-corrected chi connectivity index (χ2v) is 10.8. The third-order valence-electron chi connectivity index (χ3n) is 6.12. The first-order valence-corrected chi connectivity index (χ1v) is 14.7. The van der Waals surface area contributed by atoms with Crippen LogP contribution in [0.5, 0.6) is 0 Å². The van der Waals surface area contributed by atoms with Gasteiger partial charge in [0.25, 0.3) is 0 Å². The lowest BCUT2D eigenvalue weighted by molar-refractivity contribution is -0.137. The van der Waals surface area contributed by atoms with Gasteiger partial charge in [0.1, 0.15) is 24.4 Å². The quantitative estimate of drug-likeness (QED) is 0.0856. The maximum Gasteiger partial charge on any atom is 0.303 e. The van der Waals surface area contributed by atoms with Gasteiger partial charge in [0, 0.05) is 25.5 Å². The zero-order valence-corrected chi connectivity index (χ0v) is 24.3. The van der Waals surface area contributed by atoms with E-state index < -0.39 is 42.1 Å². The standard InChI is InChI=1S/C26H43N5O8S/c1-17(24(37)27-16-40-15-9-5-7-11-23(35)36)29-26(39)19(3)30-25(38)18(2)28-20(32)10-6-4-8-14-31-21(33)12-13-22(31)34/h12-13,17-19,21,33H,4-11,14-16H2,1-3H3,(H,27,37)(H,28,32)(H,29,39)(H,30,38)(H,35,36). The largest absolute Gasteiger partial charge is 0.481 e. The smallest absolute Gasteiger partial charge is 0.303 e. The van der Waals surface area contributed by atoms with Crippen LogP contribution >= 0.6 is 11.8 Å². The van der Waals surface area contributed by atoms with Gasteiger partial charge in [-0.3, -0.25) is 28.8 Å². The van der Waals surface area contributed by atoms with E-state index in [0.29, 0.717) is 38.1 Å². The number of thioether (sulfide) groups is 1. The zero-order valence-electron chi connectivity index (χ0n) is 23.4. The number of unbranched alkanes of at least 4 members (excludes halogenated alkanes) is 4.